The number of anilines is 1. The summed E-state index contributed by atoms with van der Waals surface area (Å²) in [6.45, 7) is 4.22. The lowest BCUT2D eigenvalue weighted by atomic mass is 9.80. The van der Waals surface area contributed by atoms with Crippen LogP contribution in [-0.2, 0) is 19.8 Å². The Morgan fingerprint density at radius 1 is 0.957 bits per heavy atom. The summed E-state index contributed by atoms with van der Waals surface area (Å²) in [5.41, 5.74) is 6.35. The Bertz CT molecular complexity index is 1850. The zero-order valence-corrected chi connectivity index (χ0v) is 26.0. The first-order chi connectivity index (χ1) is 22.3. The molecule has 4 N–H and O–H groups in total. The van der Waals surface area contributed by atoms with Crippen LogP contribution < -0.4 is 16.0 Å². The molecule has 1 saturated carbocycles. The van der Waals surface area contributed by atoms with Gasteiger partial charge in [0.05, 0.1) is 19.5 Å². The van der Waals surface area contributed by atoms with Crippen molar-refractivity contribution in [1.29, 1.82) is 0 Å². The lowest BCUT2D eigenvalue weighted by molar-refractivity contribution is -0.103. The van der Waals surface area contributed by atoms with Gasteiger partial charge in [-0.15, -0.1) is 0 Å². The predicted molar refractivity (Wildman–Crippen MR) is 171 cm³/mol. The number of nitrogens with one attached hydrogen (secondary N) is 1. The number of hydrogen-bond acceptors (Lipinski definition) is 9. The average Bonchev–Trinajstić information content (AvgIpc) is 3.31. The van der Waals surface area contributed by atoms with Crippen LogP contribution in [0.5, 0.6) is 5.75 Å². The van der Waals surface area contributed by atoms with Gasteiger partial charge in [-0.05, 0) is 34.7 Å². The molecule has 3 aromatic carbocycles. The predicted octanol–water partition coefficient (Wildman–Crippen LogP) is 4.02. The summed E-state index contributed by atoms with van der Waals surface area (Å²) in [4.78, 5) is 23.6. The molecule has 2 aliphatic rings. The number of imidazole rings is 1. The largest absolute Gasteiger partial charge is 0.497 e. The number of nitrogens with two attached hydrogens (primary N) is 1. The highest BCUT2D eigenvalue weighted by molar-refractivity contribution is 5.70. The number of benzene rings is 3. The number of aromatic amines is 1. The molecule has 2 fully saturated rings. The molecule has 3 heterocycles. The van der Waals surface area contributed by atoms with Gasteiger partial charge in [-0.2, -0.15) is 4.98 Å². The zero-order valence-electron chi connectivity index (χ0n) is 26.0. The number of hydrogen-bond donors (Lipinski definition) is 3. The Morgan fingerprint density at radius 2 is 1.57 bits per heavy atom. The van der Waals surface area contributed by atoms with E-state index in [1.165, 1.54) is 6.33 Å². The highest BCUT2D eigenvalue weighted by Crippen LogP contribution is 2.65. The van der Waals surface area contributed by atoms with Gasteiger partial charge in [0.1, 0.15) is 29.2 Å². The fourth-order valence-electron chi connectivity index (χ4n) is 7.41. The molecular formula is C35H37N5O6. The van der Waals surface area contributed by atoms with Gasteiger partial charge in [-0.3, -0.25) is 14.3 Å². The maximum atomic E-state index is 12.6. The van der Waals surface area contributed by atoms with Crippen molar-refractivity contribution in [2.45, 2.75) is 49.6 Å². The molecule has 11 heteroatoms. The van der Waals surface area contributed by atoms with Crippen molar-refractivity contribution in [3.05, 3.63) is 118 Å². The summed E-state index contributed by atoms with van der Waals surface area (Å²) in [7, 11) is 3.20. The van der Waals surface area contributed by atoms with E-state index in [1.54, 1.807) is 18.8 Å². The van der Waals surface area contributed by atoms with Gasteiger partial charge >= 0.3 is 0 Å². The molecule has 46 heavy (non-hydrogen) atoms. The Morgan fingerprint density at radius 3 is 2.13 bits per heavy atom. The van der Waals surface area contributed by atoms with Crippen molar-refractivity contribution in [1.82, 2.24) is 19.5 Å². The molecule has 1 saturated heterocycles. The topological polar surface area (TPSA) is 147 Å². The SMILES string of the molecule is COc1ccc(C(OC2C(C(C)C)[C@@]23O[C@@H](n2cnc4c(=O)[nH]c(N)nc42)[C@H](O)[C@@H]3OC)(c2ccccc2)c2ccccc2)cc1. The molecule has 0 radical (unpaired) electrons. The minimum Gasteiger partial charge on any atom is -0.497 e. The molecule has 2 unspecified atom stereocenters. The van der Waals surface area contributed by atoms with Gasteiger partial charge in [0.15, 0.2) is 17.4 Å². The van der Waals surface area contributed by atoms with Gasteiger partial charge < -0.3 is 29.8 Å². The Hall–Kier alpha value is -4.55. The molecule has 238 valence electrons. The number of methoxy groups -OCH3 is 2. The highest BCUT2D eigenvalue weighted by atomic mass is 16.6. The standard InChI is InChI=1S/C35H37N5O6/c1-20(2)25-28(35(25)29(44-4)27(41)32(46-35)40-19-37-26-30(40)38-33(36)39-31(26)42)45-34(21-11-7-5-8-12-21,22-13-9-6-10-14-22)23-15-17-24(43-3)18-16-23/h5-20,25,27-29,32,41H,1-4H3,(H3,36,38,39,42)/t25?,27-,28?,29+,32-,35-/m1/s1. The summed E-state index contributed by atoms with van der Waals surface area (Å²) in [6.07, 6.45) is -1.96. The summed E-state index contributed by atoms with van der Waals surface area (Å²) in [5, 5.41) is 11.8. The first-order valence-corrected chi connectivity index (χ1v) is 15.3. The number of nitrogen functional groups attached to an aromatic ring is 1. The van der Waals surface area contributed by atoms with E-state index in [0.29, 0.717) is 0 Å². The molecule has 1 aliphatic heterocycles. The second kappa shape index (κ2) is 11.4. The number of aliphatic hydroxyl groups excluding tert-OH is 1. The zero-order chi connectivity index (χ0) is 32.2. The molecule has 5 aromatic rings. The van der Waals surface area contributed by atoms with E-state index < -0.39 is 41.3 Å². The minimum atomic E-state index is -1.14. The van der Waals surface area contributed by atoms with Crippen LogP contribution in [0.4, 0.5) is 5.95 Å². The molecular weight excluding hydrogens is 586 g/mol. The summed E-state index contributed by atoms with van der Waals surface area (Å²) >= 11 is 0. The van der Waals surface area contributed by atoms with Crippen molar-refractivity contribution < 1.29 is 24.1 Å². The average molecular weight is 624 g/mol. The number of ether oxygens (including phenoxy) is 4. The van der Waals surface area contributed by atoms with Gasteiger partial charge in [0, 0.05) is 13.0 Å². The first kappa shape index (κ1) is 30.1. The second-order valence-corrected chi connectivity index (χ2v) is 12.2. The number of fused-ring (bicyclic) bond motifs is 1. The van der Waals surface area contributed by atoms with E-state index in [1.807, 2.05) is 60.7 Å². The second-order valence-electron chi connectivity index (χ2n) is 12.2. The summed E-state index contributed by atoms with van der Waals surface area (Å²) in [6, 6.07) is 28.1. The van der Waals surface area contributed by atoms with Crippen molar-refractivity contribution >= 4 is 17.1 Å². The number of nitrogens with zero attached hydrogens (tertiary/aromatic N) is 3. The molecule has 2 aromatic heterocycles. The lowest BCUT2D eigenvalue weighted by Crippen LogP contribution is -2.41. The molecule has 7 rings (SSSR count). The fraction of sp³-hybridized carbons (Fsp3) is 0.343. The number of rotatable bonds is 9. The summed E-state index contributed by atoms with van der Waals surface area (Å²) < 4.78 is 27.5. The van der Waals surface area contributed by atoms with Crippen LogP contribution in [0.3, 0.4) is 0 Å². The van der Waals surface area contributed by atoms with Gasteiger partial charge in [-0.25, -0.2) is 4.98 Å². The van der Waals surface area contributed by atoms with Gasteiger partial charge in [-0.1, -0.05) is 86.6 Å². The molecule has 6 atom stereocenters. The van der Waals surface area contributed by atoms with Crippen molar-refractivity contribution in [2.75, 3.05) is 20.0 Å². The minimum absolute atomic E-state index is 0.0626. The van der Waals surface area contributed by atoms with Crippen LogP contribution in [0.2, 0.25) is 0 Å². The Labute approximate surface area is 265 Å². The van der Waals surface area contributed by atoms with Crippen LogP contribution in [0.15, 0.2) is 96.1 Å². The molecule has 1 aliphatic carbocycles. The van der Waals surface area contributed by atoms with Crippen molar-refractivity contribution in [3.63, 3.8) is 0 Å². The lowest BCUT2D eigenvalue weighted by Gasteiger charge is -2.37. The van der Waals surface area contributed by atoms with E-state index in [0.717, 1.165) is 22.4 Å². The van der Waals surface area contributed by atoms with Crippen LogP contribution in [-0.4, -0.2) is 62.8 Å². The Balaban J connectivity index is 1.38. The van der Waals surface area contributed by atoms with Gasteiger partial charge in [0.25, 0.3) is 5.56 Å². The fourth-order valence-corrected chi connectivity index (χ4v) is 7.41. The van der Waals surface area contributed by atoms with Crippen LogP contribution in [0, 0.1) is 11.8 Å². The molecule has 0 bridgehead atoms. The van der Waals surface area contributed by atoms with E-state index in [9.17, 15) is 9.90 Å². The van der Waals surface area contributed by atoms with Crippen LogP contribution >= 0.6 is 0 Å². The number of aromatic nitrogens is 4. The first-order valence-electron chi connectivity index (χ1n) is 15.3. The van der Waals surface area contributed by atoms with E-state index >= 15 is 0 Å². The van der Waals surface area contributed by atoms with E-state index in [2.05, 4.69) is 53.1 Å². The van der Waals surface area contributed by atoms with E-state index in [4.69, 9.17) is 24.7 Å². The summed E-state index contributed by atoms with van der Waals surface area (Å²) in [5.74, 6) is 0.586. The maximum absolute atomic E-state index is 12.6. The smallest absolute Gasteiger partial charge is 0.280 e. The maximum Gasteiger partial charge on any atom is 0.280 e. The molecule has 1 spiro atoms. The molecule has 0 amide bonds. The highest BCUT2D eigenvalue weighted by Gasteiger charge is 2.79. The third-order valence-corrected chi connectivity index (χ3v) is 9.41. The molecule has 11 nitrogen and oxygen atoms in total. The number of H-pyrrole nitrogens is 1. The van der Waals surface area contributed by atoms with Crippen molar-refractivity contribution in [3.8, 4) is 5.75 Å². The Kier molecular flexibility index (Phi) is 7.44. The quantitative estimate of drug-likeness (QED) is 0.207. The van der Waals surface area contributed by atoms with Crippen LogP contribution in [0.1, 0.15) is 36.8 Å². The third kappa shape index (κ3) is 4.45. The van der Waals surface area contributed by atoms with Crippen molar-refractivity contribution in [2.24, 2.45) is 11.8 Å². The van der Waals surface area contributed by atoms with E-state index in [-0.39, 0.29) is 28.9 Å². The number of aliphatic hydroxyl groups is 1. The monoisotopic (exact) mass is 623 g/mol. The van der Waals surface area contributed by atoms with Gasteiger partial charge in [0.2, 0.25) is 5.95 Å². The normalized spacial score (nSPS) is 25.8. The third-order valence-electron chi connectivity index (χ3n) is 9.41. The van der Waals surface area contributed by atoms with Crippen LogP contribution in [0.25, 0.3) is 11.2 Å².